The first-order valence-corrected chi connectivity index (χ1v) is 5.09. The Bertz CT molecular complexity index is 532. The number of hydrogen-bond acceptors (Lipinski definition) is 4. The number of carbonyl (C=O) groups excluding carboxylic acids is 1. The van der Waals surface area contributed by atoms with Crippen LogP contribution in [0.25, 0.3) is 11.5 Å². The van der Waals surface area contributed by atoms with Crippen LogP contribution >= 0.6 is 23.2 Å². The van der Waals surface area contributed by atoms with Gasteiger partial charge in [0.05, 0.1) is 5.69 Å². The van der Waals surface area contributed by atoms with Crippen molar-refractivity contribution in [3.63, 3.8) is 0 Å². The van der Waals surface area contributed by atoms with E-state index in [1.54, 1.807) is 18.3 Å². The van der Waals surface area contributed by atoms with Gasteiger partial charge in [-0.2, -0.15) is 15.0 Å². The maximum Gasteiger partial charge on any atom is 0.228 e. The molecule has 0 aliphatic carbocycles. The van der Waals surface area contributed by atoms with Crippen LogP contribution in [0.3, 0.4) is 0 Å². The third-order valence-corrected chi connectivity index (χ3v) is 2.24. The van der Waals surface area contributed by atoms with Crippen molar-refractivity contribution in [3.8, 4) is 11.5 Å². The molecule has 0 N–H and O–H groups in total. The monoisotopic (exact) mass is 256 g/mol. The maximum absolute atomic E-state index is 11.3. The standard InChI is InChI=1S/C9H6Cl2N4O/c1-5(16)15-4-2-3-6(15)7-12-8(10)14-9(11)13-7/h2-4H,1H3. The highest BCUT2D eigenvalue weighted by atomic mass is 35.5. The lowest BCUT2D eigenvalue weighted by Crippen LogP contribution is -2.07. The molecule has 0 radical (unpaired) electrons. The number of halogens is 2. The van der Waals surface area contributed by atoms with Crippen molar-refractivity contribution in [1.82, 2.24) is 19.5 Å². The van der Waals surface area contributed by atoms with Gasteiger partial charge >= 0.3 is 0 Å². The van der Waals surface area contributed by atoms with Gasteiger partial charge in [-0.3, -0.25) is 9.36 Å². The molecule has 0 unspecified atom stereocenters. The molecule has 0 aliphatic heterocycles. The minimum atomic E-state index is -0.146. The normalized spacial score (nSPS) is 10.4. The van der Waals surface area contributed by atoms with Crippen molar-refractivity contribution >= 4 is 29.1 Å². The van der Waals surface area contributed by atoms with Crippen molar-refractivity contribution in [3.05, 3.63) is 28.9 Å². The van der Waals surface area contributed by atoms with Gasteiger partial charge in [-0.25, -0.2) is 0 Å². The third kappa shape index (κ3) is 2.05. The van der Waals surface area contributed by atoms with Crippen LogP contribution in [-0.2, 0) is 0 Å². The molecule has 16 heavy (non-hydrogen) atoms. The van der Waals surface area contributed by atoms with Gasteiger partial charge in [0.2, 0.25) is 16.5 Å². The van der Waals surface area contributed by atoms with Crippen molar-refractivity contribution in [2.45, 2.75) is 6.92 Å². The van der Waals surface area contributed by atoms with E-state index in [9.17, 15) is 4.79 Å². The average Bonchev–Trinajstić information content (AvgIpc) is 2.63. The van der Waals surface area contributed by atoms with Gasteiger partial charge in [-0.05, 0) is 35.3 Å². The molecule has 0 atom stereocenters. The Morgan fingerprint density at radius 2 is 1.88 bits per heavy atom. The molecule has 82 valence electrons. The molecule has 2 rings (SSSR count). The molecule has 7 heteroatoms. The smallest absolute Gasteiger partial charge is 0.228 e. The van der Waals surface area contributed by atoms with Crippen LogP contribution in [0, 0.1) is 0 Å². The van der Waals surface area contributed by atoms with Gasteiger partial charge < -0.3 is 0 Å². The molecule has 0 fully saturated rings. The maximum atomic E-state index is 11.3. The van der Waals surface area contributed by atoms with E-state index in [4.69, 9.17) is 23.2 Å². The fourth-order valence-electron chi connectivity index (χ4n) is 1.28. The summed E-state index contributed by atoms with van der Waals surface area (Å²) in [5.41, 5.74) is 0.527. The summed E-state index contributed by atoms with van der Waals surface area (Å²) in [6.45, 7) is 1.44. The first-order valence-electron chi connectivity index (χ1n) is 4.33. The quantitative estimate of drug-likeness (QED) is 0.786. The molecule has 5 nitrogen and oxygen atoms in total. The van der Waals surface area contributed by atoms with Crippen LogP contribution in [0.2, 0.25) is 10.6 Å². The zero-order valence-corrected chi connectivity index (χ0v) is 9.70. The first kappa shape index (κ1) is 11.0. The Labute approximate surface area is 101 Å². The predicted molar refractivity (Wildman–Crippen MR) is 59.6 cm³/mol. The molecule has 2 aromatic rings. The van der Waals surface area contributed by atoms with Gasteiger partial charge in [-0.1, -0.05) is 0 Å². The Kier molecular flexibility index (Phi) is 2.89. The highest BCUT2D eigenvalue weighted by Crippen LogP contribution is 2.18. The zero-order valence-electron chi connectivity index (χ0n) is 8.19. The van der Waals surface area contributed by atoms with Crippen molar-refractivity contribution in [1.29, 1.82) is 0 Å². The molecule has 0 amide bonds. The second kappa shape index (κ2) is 4.19. The van der Waals surface area contributed by atoms with Gasteiger partial charge in [0.15, 0.2) is 5.82 Å². The van der Waals surface area contributed by atoms with E-state index in [0.717, 1.165) is 0 Å². The molecule has 0 aromatic carbocycles. The molecular weight excluding hydrogens is 251 g/mol. The number of carbonyl (C=O) groups is 1. The largest absolute Gasteiger partial charge is 0.284 e. The molecule has 2 aromatic heterocycles. The van der Waals surface area contributed by atoms with Crippen LogP contribution in [0.4, 0.5) is 0 Å². The van der Waals surface area contributed by atoms with E-state index in [2.05, 4.69) is 15.0 Å². The summed E-state index contributed by atoms with van der Waals surface area (Å²) in [6, 6.07) is 3.41. The van der Waals surface area contributed by atoms with Crippen LogP contribution in [0.15, 0.2) is 18.3 Å². The van der Waals surface area contributed by atoms with E-state index < -0.39 is 0 Å². The molecule has 0 spiro atoms. The highest BCUT2D eigenvalue weighted by Gasteiger charge is 2.12. The van der Waals surface area contributed by atoms with Gasteiger partial charge in [0.25, 0.3) is 0 Å². The number of hydrogen-bond donors (Lipinski definition) is 0. The Morgan fingerprint density at radius 1 is 1.25 bits per heavy atom. The summed E-state index contributed by atoms with van der Waals surface area (Å²) in [4.78, 5) is 22.7. The van der Waals surface area contributed by atoms with E-state index >= 15 is 0 Å². The topological polar surface area (TPSA) is 60.7 Å². The van der Waals surface area contributed by atoms with Crippen molar-refractivity contribution < 1.29 is 4.79 Å². The van der Waals surface area contributed by atoms with Crippen LogP contribution in [0.1, 0.15) is 11.7 Å². The van der Waals surface area contributed by atoms with E-state index in [0.29, 0.717) is 5.69 Å². The SMILES string of the molecule is CC(=O)n1cccc1-c1nc(Cl)nc(Cl)n1. The van der Waals surface area contributed by atoms with E-state index in [1.807, 2.05) is 0 Å². The lowest BCUT2D eigenvalue weighted by molar-refractivity contribution is 0.0938. The molecular formula is C9H6Cl2N4O. The number of nitrogens with zero attached hydrogens (tertiary/aromatic N) is 4. The third-order valence-electron chi connectivity index (χ3n) is 1.90. The van der Waals surface area contributed by atoms with E-state index in [1.165, 1.54) is 11.5 Å². The predicted octanol–water partition coefficient (Wildman–Crippen LogP) is 2.31. The number of aromatic nitrogens is 4. The molecule has 0 saturated carbocycles. The first-order chi connectivity index (χ1) is 7.58. The Balaban J connectivity index is 2.58. The molecule has 2 heterocycles. The van der Waals surface area contributed by atoms with Crippen LogP contribution in [-0.4, -0.2) is 25.4 Å². The lowest BCUT2D eigenvalue weighted by Gasteiger charge is -2.03. The summed E-state index contributed by atoms with van der Waals surface area (Å²) in [5, 5.41) is -0.0161. The minimum absolute atomic E-state index is 0.00805. The Morgan fingerprint density at radius 3 is 2.44 bits per heavy atom. The van der Waals surface area contributed by atoms with Crippen LogP contribution in [0.5, 0.6) is 0 Å². The summed E-state index contributed by atoms with van der Waals surface area (Å²) in [7, 11) is 0. The second-order valence-corrected chi connectivity index (χ2v) is 3.66. The fraction of sp³-hybridized carbons (Fsp3) is 0.111. The van der Waals surface area contributed by atoms with Crippen molar-refractivity contribution in [2.24, 2.45) is 0 Å². The van der Waals surface area contributed by atoms with Crippen LogP contribution < -0.4 is 0 Å². The Hall–Kier alpha value is -1.46. The molecule has 0 bridgehead atoms. The summed E-state index contributed by atoms with van der Waals surface area (Å²) >= 11 is 11.3. The fourth-order valence-corrected chi connectivity index (χ4v) is 1.64. The van der Waals surface area contributed by atoms with Gasteiger partial charge in [0.1, 0.15) is 0 Å². The van der Waals surface area contributed by atoms with Crippen molar-refractivity contribution in [2.75, 3.05) is 0 Å². The summed E-state index contributed by atoms with van der Waals surface area (Å²) in [5.74, 6) is 0.123. The zero-order chi connectivity index (χ0) is 11.7. The minimum Gasteiger partial charge on any atom is -0.284 e. The average molecular weight is 257 g/mol. The molecule has 0 aliphatic rings. The van der Waals surface area contributed by atoms with Gasteiger partial charge in [0, 0.05) is 13.1 Å². The van der Waals surface area contributed by atoms with E-state index in [-0.39, 0.29) is 22.3 Å². The summed E-state index contributed by atoms with van der Waals surface area (Å²) in [6.07, 6.45) is 1.61. The lowest BCUT2D eigenvalue weighted by atomic mass is 10.4. The summed E-state index contributed by atoms with van der Waals surface area (Å²) < 4.78 is 1.40. The number of rotatable bonds is 1. The highest BCUT2D eigenvalue weighted by molar-refractivity contribution is 6.31. The second-order valence-electron chi connectivity index (χ2n) is 2.98. The van der Waals surface area contributed by atoms with Gasteiger partial charge in [-0.15, -0.1) is 0 Å². The molecule has 0 saturated heterocycles.